The van der Waals surface area contributed by atoms with E-state index in [9.17, 15) is 4.79 Å². The normalized spacial score (nSPS) is 29.8. The second kappa shape index (κ2) is 3.26. The molecule has 1 fully saturated rings. The maximum atomic E-state index is 11.6. The summed E-state index contributed by atoms with van der Waals surface area (Å²) in [7, 11) is 0. The highest BCUT2D eigenvalue weighted by Crippen LogP contribution is 2.32. The summed E-state index contributed by atoms with van der Waals surface area (Å²) in [5.74, 6) is 3.07. The summed E-state index contributed by atoms with van der Waals surface area (Å²) in [6, 6.07) is 0.371. The molecule has 0 aromatic carbocycles. The van der Waals surface area contributed by atoms with Crippen LogP contribution in [0.15, 0.2) is 12.2 Å². The zero-order valence-electron chi connectivity index (χ0n) is 7.57. The molecule has 0 saturated carbocycles. The number of carbonyl (C=O) groups is 1. The van der Waals surface area contributed by atoms with Crippen molar-refractivity contribution in [2.24, 2.45) is 5.92 Å². The number of hydrogen-bond acceptors (Lipinski definition) is 1. The Bertz CT molecular complexity index is 287. The smallest absolute Gasteiger partial charge is 0.230 e. The summed E-state index contributed by atoms with van der Waals surface area (Å²) in [5, 5.41) is 0. The lowest BCUT2D eigenvalue weighted by atomic mass is 10.1. The average Bonchev–Trinajstić information content (AvgIpc) is 2.69. The van der Waals surface area contributed by atoms with Gasteiger partial charge in [-0.15, -0.1) is 12.3 Å². The van der Waals surface area contributed by atoms with E-state index in [0.29, 0.717) is 11.9 Å². The lowest BCUT2D eigenvalue weighted by Crippen LogP contribution is -2.35. The lowest BCUT2D eigenvalue weighted by Gasteiger charge is -2.23. The molecule has 13 heavy (non-hydrogen) atoms. The van der Waals surface area contributed by atoms with Gasteiger partial charge in [0.25, 0.3) is 0 Å². The molecule has 0 spiro atoms. The number of terminal acetylenes is 1. The molecule has 1 saturated heterocycles. The SMILES string of the molecule is C#CCCCN1C(=O)[C@H]2C=C[C@@H]1C2. The molecule has 0 N–H and O–H groups in total. The quantitative estimate of drug-likeness (QED) is 0.358. The second-order valence-electron chi connectivity index (χ2n) is 3.63. The van der Waals surface area contributed by atoms with E-state index in [0.717, 1.165) is 25.8 Å². The molecule has 68 valence electrons. The van der Waals surface area contributed by atoms with Gasteiger partial charge < -0.3 is 4.90 Å². The Hall–Kier alpha value is -1.23. The minimum atomic E-state index is 0.177. The van der Waals surface area contributed by atoms with Crippen molar-refractivity contribution in [3.8, 4) is 12.3 Å². The fraction of sp³-hybridized carbons (Fsp3) is 0.545. The fourth-order valence-electron chi connectivity index (χ4n) is 2.10. The van der Waals surface area contributed by atoms with Crippen LogP contribution in [0.4, 0.5) is 0 Å². The first-order valence-electron chi connectivity index (χ1n) is 4.75. The number of amides is 1. The number of nitrogens with zero attached hydrogens (tertiary/aromatic N) is 1. The van der Waals surface area contributed by atoms with Crippen LogP contribution in [0, 0.1) is 18.3 Å². The Morgan fingerprint density at radius 2 is 2.46 bits per heavy atom. The molecular formula is C11H13NO. The highest BCUT2D eigenvalue weighted by atomic mass is 16.2. The fourth-order valence-corrected chi connectivity index (χ4v) is 2.10. The molecule has 1 heterocycles. The molecule has 2 bridgehead atoms. The highest BCUT2D eigenvalue weighted by molar-refractivity contribution is 5.85. The van der Waals surface area contributed by atoms with E-state index in [1.807, 2.05) is 11.0 Å². The Labute approximate surface area is 78.6 Å². The van der Waals surface area contributed by atoms with Crippen LogP contribution in [0.5, 0.6) is 0 Å². The molecule has 0 aromatic rings. The Balaban J connectivity index is 1.91. The van der Waals surface area contributed by atoms with Gasteiger partial charge >= 0.3 is 0 Å². The van der Waals surface area contributed by atoms with Crippen molar-refractivity contribution >= 4 is 5.91 Å². The van der Waals surface area contributed by atoms with Gasteiger partial charge in [-0.2, -0.15) is 0 Å². The molecular weight excluding hydrogens is 162 g/mol. The van der Waals surface area contributed by atoms with E-state index in [-0.39, 0.29) is 5.92 Å². The number of fused-ring (bicyclic) bond motifs is 2. The van der Waals surface area contributed by atoms with Crippen LogP contribution in [0.3, 0.4) is 0 Å². The predicted molar refractivity (Wildman–Crippen MR) is 50.8 cm³/mol. The van der Waals surface area contributed by atoms with Crippen LogP contribution in [0.1, 0.15) is 19.3 Å². The predicted octanol–water partition coefficient (Wildman–Crippen LogP) is 1.19. The molecule has 2 nitrogen and oxygen atoms in total. The molecule has 0 unspecified atom stereocenters. The van der Waals surface area contributed by atoms with E-state index in [1.165, 1.54) is 0 Å². The van der Waals surface area contributed by atoms with Gasteiger partial charge in [-0.1, -0.05) is 12.2 Å². The van der Waals surface area contributed by atoms with Crippen molar-refractivity contribution in [2.75, 3.05) is 6.54 Å². The maximum Gasteiger partial charge on any atom is 0.230 e. The van der Waals surface area contributed by atoms with Gasteiger partial charge in [0.05, 0.1) is 12.0 Å². The van der Waals surface area contributed by atoms with Crippen molar-refractivity contribution in [1.82, 2.24) is 4.90 Å². The van der Waals surface area contributed by atoms with E-state index < -0.39 is 0 Å². The first-order chi connectivity index (χ1) is 6.33. The molecule has 2 heteroatoms. The van der Waals surface area contributed by atoms with Crippen molar-refractivity contribution in [3.05, 3.63) is 12.2 Å². The zero-order chi connectivity index (χ0) is 9.26. The minimum Gasteiger partial charge on any atom is -0.336 e. The van der Waals surface area contributed by atoms with Crippen LogP contribution >= 0.6 is 0 Å². The number of rotatable bonds is 3. The van der Waals surface area contributed by atoms with Gasteiger partial charge in [-0.3, -0.25) is 4.79 Å². The first kappa shape index (κ1) is 8.37. The standard InChI is InChI=1S/C11H13NO/c1-2-3-4-7-12-10-6-5-9(8-10)11(12)13/h1,5-6,9-10H,3-4,7-8H2/t9-,10+/m0/s1. The van der Waals surface area contributed by atoms with Crippen LogP contribution in [-0.4, -0.2) is 23.4 Å². The molecule has 0 radical (unpaired) electrons. The maximum absolute atomic E-state index is 11.6. The van der Waals surface area contributed by atoms with Crippen molar-refractivity contribution < 1.29 is 4.79 Å². The molecule has 1 amide bonds. The molecule has 2 rings (SSSR count). The topological polar surface area (TPSA) is 20.3 Å². The van der Waals surface area contributed by atoms with Crippen molar-refractivity contribution in [2.45, 2.75) is 25.3 Å². The molecule has 1 aliphatic carbocycles. The molecule has 2 atom stereocenters. The number of unbranched alkanes of at least 4 members (excludes halogenated alkanes) is 1. The van der Waals surface area contributed by atoms with Crippen molar-refractivity contribution in [3.63, 3.8) is 0 Å². The van der Waals surface area contributed by atoms with Gasteiger partial charge in [0.15, 0.2) is 0 Å². The Morgan fingerprint density at radius 3 is 3.08 bits per heavy atom. The van der Waals surface area contributed by atoms with Crippen LogP contribution in [-0.2, 0) is 4.79 Å². The highest BCUT2D eigenvalue weighted by Gasteiger charge is 2.40. The van der Waals surface area contributed by atoms with E-state index in [1.54, 1.807) is 0 Å². The zero-order valence-corrected chi connectivity index (χ0v) is 7.57. The summed E-state index contributed by atoms with van der Waals surface area (Å²) in [5.41, 5.74) is 0. The van der Waals surface area contributed by atoms with E-state index in [2.05, 4.69) is 12.0 Å². The number of likely N-dealkylation sites (tertiary alicyclic amines) is 1. The largest absolute Gasteiger partial charge is 0.336 e. The van der Waals surface area contributed by atoms with Crippen LogP contribution < -0.4 is 0 Å². The summed E-state index contributed by atoms with van der Waals surface area (Å²) in [4.78, 5) is 13.5. The second-order valence-corrected chi connectivity index (χ2v) is 3.63. The Morgan fingerprint density at radius 1 is 1.62 bits per heavy atom. The van der Waals surface area contributed by atoms with E-state index in [4.69, 9.17) is 6.42 Å². The van der Waals surface area contributed by atoms with Gasteiger partial charge in [-0.25, -0.2) is 0 Å². The van der Waals surface area contributed by atoms with Gasteiger partial charge in [0.1, 0.15) is 0 Å². The summed E-state index contributed by atoms with van der Waals surface area (Å²) in [6.07, 6.45) is 12.0. The van der Waals surface area contributed by atoms with Gasteiger partial charge in [0.2, 0.25) is 5.91 Å². The summed E-state index contributed by atoms with van der Waals surface area (Å²) >= 11 is 0. The Kier molecular flexibility index (Phi) is 2.10. The summed E-state index contributed by atoms with van der Waals surface area (Å²) in [6.45, 7) is 0.828. The van der Waals surface area contributed by atoms with Crippen LogP contribution in [0.25, 0.3) is 0 Å². The molecule has 1 aliphatic heterocycles. The van der Waals surface area contributed by atoms with Crippen molar-refractivity contribution in [1.29, 1.82) is 0 Å². The first-order valence-corrected chi connectivity index (χ1v) is 4.75. The minimum absolute atomic E-state index is 0.177. The third kappa shape index (κ3) is 1.35. The molecule has 0 aromatic heterocycles. The monoisotopic (exact) mass is 175 g/mol. The van der Waals surface area contributed by atoms with Gasteiger partial charge in [-0.05, 0) is 12.8 Å². The number of carbonyl (C=O) groups excluding carboxylic acids is 1. The lowest BCUT2D eigenvalue weighted by molar-refractivity contribution is -0.131. The number of hydrogen-bond donors (Lipinski definition) is 0. The third-order valence-corrected chi connectivity index (χ3v) is 2.78. The average molecular weight is 175 g/mol. The summed E-state index contributed by atoms with van der Waals surface area (Å²) < 4.78 is 0. The molecule has 2 aliphatic rings. The van der Waals surface area contributed by atoms with Gasteiger partial charge in [0, 0.05) is 13.0 Å². The van der Waals surface area contributed by atoms with E-state index >= 15 is 0 Å². The van der Waals surface area contributed by atoms with Crippen LogP contribution in [0.2, 0.25) is 0 Å². The third-order valence-electron chi connectivity index (χ3n) is 2.78.